The maximum Gasteiger partial charge on any atom is 0.304 e. The Hall–Kier alpha value is -1.77. The smallest absolute Gasteiger partial charge is 0.304 e. The summed E-state index contributed by atoms with van der Waals surface area (Å²) in [4.78, 5) is 14.4. The number of carbonyl (C=O) groups is 1. The normalized spacial score (nSPS) is 12.7. The van der Waals surface area contributed by atoms with Crippen molar-refractivity contribution in [1.82, 2.24) is 4.98 Å². The van der Waals surface area contributed by atoms with Crippen LogP contribution < -0.4 is 0 Å². The lowest BCUT2D eigenvalue weighted by atomic mass is 9.94. The molecule has 0 amide bonds. The first-order chi connectivity index (χ1) is 9.20. The van der Waals surface area contributed by atoms with E-state index >= 15 is 0 Å². The highest BCUT2D eigenvalue weighted by molar-refractivity contribution is 5.80. The fraction of sp³-hybridized carbons (Fsp3) is 0.438. The molecule has 2 N–H and O–H groups in total. The van der Waals surface area contributed by atoms with Gasteiger partial charge in [-0.15, -0.1) is 0 Å². The first kappa shape index (κ1) is 13.7. The predicted molar refractivity (Wildman–Crippen MR) is 77.4 cm³/mol. The van der Waals surface area contributed by atoms with E-state index in [2.05, 4.69) is 24.0 Å². The van der Waals surface area contributed by atoms with E-state index < -0.39 is 5.97 Å². The molecule has 0 saturated carbocycles. The number of unbranched alkanes of at least 4 members (excludes halogenated alkanes) is 2. The quantitative estimate of drug-likeness (QED) is 0.728. The van der Waals surface area contributed by atoms with Gasteiger partial charge in [-0.2, -0.15) is 0 Å². The van der Waals surface area contributed by atoms with Gasteiger partial charge in [-0.3, -0.25) is 4.79 Å². The molecule has 1 aromatic carbocycles. The second kappa shape index (κ2) is 6.41. The van der Waals surface area contributed by atoms with Crippen molar-refractivity contribution in [2.75, 3.05) is 0 Å². The minimum atomic E-state index is -0.722. The lowest BCUT2D eigenvalue weighted by Crippen LogP contribution is -2.07. The average molecular weight is 259 g/mol. The lowest BCUT2D eigenvalue weighted by Gasteiger charge is -2.12. The van der Waals surface area contributed by atoms with Crippen LogP contribution in [0.2, 0.25) is 0 Å². The maximum absolute atomic E-state index is 11.0. The molecule has 0 aliphatic carbocycles. The van der Waals surface area contributed by atoms with Crippen molar-refractivity contribution >= 4 is 16.9 Å². The number of H-pyrrole nitrogens is 1. The number of aromatic amines is 1. The second-order valence-electron chi connectivity index (χ2n) is 5.10. The largest absolute Gasteiger partial charge is 0.481 e. The Balaban J connectivity index is 2.18. The van der Waals surface area contributed by atoms with Crippen LogP contribution in [0, 0.1) is 0 Å². The molecule has 0 aliphatic heterocycles. The molecule has 0 radical (unpaired) electrons. The van der Waals surface area contributed by atoms with Crippen molar-refractivity contribution in [3.63, 3.8) is 0 Å². The fourth-order valence-electron chi connectivity index (χ4n) is 2.53. The summed E-state index contributed by atoms with van der Waals surface area (Å²) in [6, 6.07) is 10.2. The number of para-hydroxylation sites is 1. The van der Waals surface area contributed by atoms with E-state index in [1.165, 1.54) is 0 Å². The van der Waals surface area contributed by atoms with E-state index in [0.29, 0.717) is 0 Å². The van der Waals surface area contributed by atoms with Gasteiger partial charge in [0.25, 0.3) is 0 Å². The molecule has 2 aromatic rings. The molecule has 0 bridgehead atoms. The first-order valence-corrected chi connectivity index (χ1v) is 7.00. The van der Waals surface area contributed by atoms with E-state index in [-0.39, 0.29) is 12.3 Å². The van der Waals surface area contributed by atoms with Crippen LogP contribution in [0.25, 0.3) is 10.9 Å². The molecule has 1 unspecified atom stereocenters. The van der Waals surface area contributed by atoms with Gasteiger partial charge in [0.1, 0.15) is 0 Å². The van der Waals surface area contributed by atoms with E-state index in [9.17, 15) is 4.79 Å². The van der Waals surface area contributed by atoms with Gasteiger partial charge in [-0.05, 0) is 23.9 Å². The van der Waals surface area contributed by atoms with Crippen LogP contribution in [0.3, 0.4) is 0 Å². The minimum absolute atomic E-state index is 0.0939. The van der Waals surface area contributed by atoms with Crippen molar-refractivity contribution in [1.29, 1.82) is 0 Å². The molecular weight excluding hydrogens is 238 g/mol. The fourth-order valence-corrected chi connectivity index (χ4v) is 2.53. The van der Waals surface area contributed by atoms with Crippen molar-refractivity contribution < 1.29 is 9.90 Å². The monoisotopic (exact) mass is 259 g/mol. The number of fused-ring (bicyclic) bond motifs is 1. The molecule has 0 aliphatic rings. The van der Waals surface area contributed by atoms with Crippen LogP contribution in [-0.4, -0.2) is 16.1 Å². The summed E-state index contributed by atoms with van der Waals surface area (Å²) in [7, 11) is 0. The Kier molecular flexibility index (Phi) is 4.61. The van der Waals surface area contributed by atoms with Crippen LogP contribution >= 0.6 is 0 Å². The Labute approximate surface area is 113 Å². The number of aliphatic carboxylic acids is 1. The topological polar surface area (TPSA) is 53.1 Å². The highest BCUT2D eigenvalue weighted by Crippen LogP contribution is 2.28. The Morgan fingerprint density at radius 1 is 1.32 bits per heavy atom. The van der Waals surface area contributed by atoms with Crippen LogP contribution in [0.15, 0.2) is 30.3 Å². The average Bonchev–Trinajstić information content (AvgIpc) is 2.81. The molecule has 1 atom stereocenters. The van der Waals surface area contributed by atoms with Crippen molar-refractivity contribution in [3.05, 3.63) is 36.0 Å². The van der Waals surface area contributed by atoms with Gasteiger partial charge in [0.05, 0.1) is 6.42 Å². The van der Waals surface area contributed by atoms with Crippen molar-refractivity contribution in [3.8, 4) is 0 Å². The molecule has 3 heteroatoms. The van der Waals surface area contributed by atoms with Gasteiger partial charge in [-0.25, -0.2) is 0 Å². The van der Waals surface area contributed by atoms with E-state index in [1.807, 2.05) is 18.2 Å². The summed E-state index contributed by atoms with van der Waals surface area (Å²) in [5, 5.41) is 10.2. The van der Waals surface area contributed by atoms with Gasteiger partial charge in [0.2, 0.25) is 0 Å². The third-order valence-corrected chi connectivity index (χ3v) is 3.57. The number of hydrogen-bond acceptors (Lipinski definition) is 1. The zero-order valence-electron chi connectivity index (χ0n) is 11.4. The second-order valence-corrected chi connectivity index (χ2v) is 5.10. The summed E-state index contributed by atoms with van der Waals surface area (Å²) < 4.78 is 0. The Bertz CT molecular complexity index is 511. The number of carboxylic acid groups (broad SMARTS) is 1. The molecule has 1 heterocycles. The standard InChI is InChI=1S/C16H21NO2/c1-2-3-4-7-13(11-16(18)19)15-10-12-8-5-6-9-14(12)17-15/h5-6,8-10,13,17H,2-4,7,11H2,1H3,(H,18,19). The van der Waals surface area contributed by atoms with Gasteiger partial charge in [0.15, 0.2) is 0 Å². The molecule has 2 rings (SSSR count). The molecule has 0 fully saturated rings. The number of aromatic nitrogens is 1. The van der Waals surface area contributed by atoms with Crippen LogP contribution in [0.5, 0.6) is 0 Å². The van der Waals surface area contributed by atoms with Crippen molar-refractivity contribution in [2.45, 2.75) is 44.9 Å². The third kappa shape index (κ3) is 3.60. The molecule has 3 nitrogen and oxygen atoms in total. The Morgan fingerprint density at radius 3 is 2.79 bits per heavy atom. The highest BCUT2D eigenvalue weighted by atomic mass is 16.4. The van der Waals surface area contributed by atoms with Gasteiger partial charge >= 0.3 is 5.97 Å². The highest BCUT2D eigenvalue weighted by Gasteiger charge is 2.17. The van der Waals surface area contributed by atoms with Gasteiger partial charge in [0, 0.05) is 17.1 Å². The minimum Gasteiger partial charge on any atom is -0.481 e. The zero-order chi connectivity index (χ0) is 13.7. The number of carboxylic acids is 1. The third-order valence-electron chi connectivity index (χ3n) is 3.57. The Morgan fingerprint density at radius 2 is 2.11 bits per heavy atom. The summed E-state index contributed by atoms with van der Waals surface area (Å²) in [5.41, 5.74) is 2.14. The summed E-state index contributed by atoms with van der Waals surface area (Å²) in [6.45, 7) is 2.16. The van der Waals surface area contributed by atoms with Crippen LogP contribution in [0.4, 0.5) is 0 Å². The van der Waals surface area contributed by atoms with E-state index in [4.69, 9.17) is 5.11 Å². The van der Waals surface area contributed by atoms with Gasteiger partial charge < -0.3 is 10.1 Å². The maximum atomic E-state index is 11.0. The molecule has 0 saturated heterocycles. The van der Waals surface area contributed by atoms with E-state index in [1.54, 1.807) is 0 Å². The predicted octanol–water partition coefficient (Wildman–Crippen LogP) is 4.31. The molecule has 102 valence electrons. The van der Waals surface area contributed by atoms with Crippen LogP contribution in [0.1, 0.15) is 50.6 Å². The molecular formula is C16H21NO2. The SMILES string of the molecule is CCCCCC(CC(=O)O)c1cc2ccccc2[nH]1. The molecule has 19 heavy (non-hydrogen) atoms. The number of nitrogens with one attached hydrogen (secondary N) is 1. The van der Waals surface area contributed by atoms with Crippen molar-refractivity contribution in [2.24, 2.45) is 0 Å². The summed E-state index contributed by atoms with van der Waals surface area (Å²) in [5.74, 6) is -0.628. The summed E-state index contributed by atoms with van der Waals surface area (Å²) in [6.07, 6.45) is 4.55. The first-order valence-electron chi connectivity index (χ1n) is 7.00. The number of hydrogen-bond donors (Lipinski definition) is 2. The summed E-state index contributed by atoms with van der Waals surface area (Å²) >= 11 is 0. The van der Waals surface area contributed by atoms with Crippen LogP contribution in [-0.2, 0) is 4.79 Å². The van der Waals surface area contributed by atoms with E-state index in [0.717, 1.165) is 42.3 Å². The molecule has 1 aromatic heterocycles. The lowest BCUT2D eigenvalue weighted by molar-refractivity contribution is -0.137. The number of benzene rings is 1. The molecule has 0 spiro atoms. The number of rotatable bonds is 7. The van der Waals surface area contributed by atoms with Gasteiger partial charge in [-0.1, -0.05) is 44.4 Å². The zero-order valence-corrected chi connectivity index (χ0v) is 11.4.